The molecule has 12 heavy (non-hydrogen) atoms. The molecule has 0 N–H and O–H groups in total. The summed E-state index contributed by atoms with van der Waals surface area (Å²) in [5, 5.41) is 0. The van der Waals surface area contributed by atoms with E-state index in [1.807, 2.05) is 19.9 Å². The monoisotopic (exact) mass is 170 g/mol. The fourth-order valence-electron chi connectivity index (χ4n) is 0.232. The van der Waals surface area contributed by atoms with Crippen LogP contribution in [0.3, 0.4) is 0 Å². The molecule has 0 saturated carbocycles. The Morgan fingerprint density at radius 1 is 1.00 bits per heavy atom. The van der Waals surface area contributed by atoms with Crippen LogP contribution in [0.2, 0.25) is 0 Å². The zero-order valence-electron chi connectivity index (χ0n) is 9.56. The van der Waals surface area contributed by atoms with Crippen LogP contribution in [0.15, 0.2) is 24.8 Å². The summed E-state index contributed by atoms with van der Waals surface area (Å²) in [5.41, 5.74) is 0. The molecule has 0 aromatic rings. The lowest BCUT2D eigenvalue weighted by molar-refractivity contribution is 0.886. The van der Waals surface area contributed by atoms with Crippen LogP contribution in [0.5, 0.6) is 0 Å². The first-order valence-corrected chi connectivity index (χ1v) is 5.10. The standard InChI is InChI=1S/C6H10.C4H10.C2H6/c1-3-5-6-4-2;1-3-4-2;1-2/h3,5-6H,1,4H2,2H3;3-4H2,1-2H3;1-2H3/b6-5-;;. The third-order valence-electron chi connectivity index (χ3n) is 1.01. The van der Waals surface area contributed by atoms with E-state index in [0.29, 0.717) is 0 Å². The van der Waals surface area contributed by atoms with Gasteiger partial charge in [-0.3, -0.25) is 0 Å². The molecular weight excluding hydrogens is 144 g/mol. The van der Waals surface area contributed by atoms with Crippen LogP contribution in [-0.4, -0.2) is 0 Å². The van der Waals surface area contributed by atoms with Crippen LogP contribution >= 0.6 is 0 Å². The van der Waals surface area contributed by atoms with E-state index in [2.05, 4.69) is 33.4 Å². The predicted octanol–water partition coefficient (Wildman–Crippen LogP) is 4.97. The third-order valence-corrected chi connectivity index (χ3v) is 1.01. The molecule has 0 spiro atoms. The summed E-state index contributed by atoms with van der Waals surface area (Å²) in [5.74, 6) is 0. The van der Waals surface area contributed by atoms with Crippen LogP contribution in [0, 0.1) is 0 Å². The van der Waals surface area contributed by atoms with Crippen molar-refractivity contribution in [2.75, 3.05) is 0 Å². The van der Waals surface area contributed by atoms with Gasteiger partial charge in [-0.2, -0.15) is 0 Å². The topological polar surface area (TPSA) is 0 Å². The van der Waals surface area contributed by atoms with Gasteiger partial charge in [0, 0.05) is 0 Å². The van der Waals surface area contributed by atoms with Gasteiger partial charge in [-0.1, -0.05) is 72.3 Å². The van der Waals surface area contributed by atoms with Crippen molar-refractivity contribution in [3.8, 4) is 0 Å². The summed E-state index contributed by atoms with van der Waals surface area (Å²) >= 11 is 0. The number of hydrogen-bond acceptors (Lipinski definition) is 0. The predicted molar refractivity (Wildman–Crippen MR) is 61.6 cm³/mol. The maximum Gasteiger partial charge on any atom is -0.0376 e. The second-order valence-electron chi connectivity index (χ2n) is 2.07. The van der Waals surface area contributed by atoms with Gasteiger partial charge in [0.2, 0.25) is 0 Å². The highest BCUT2D eigenvalue weighted by molar-refractivity contribution is 4.96. The molecule has 0 aliphatic heterocycles. The Morgan fingerprint density at radius 3 is 1.50 bits per heavy atom. The molecule has 0 rings (SSSR count). The van der Waals surface area contributed by atoms with Gasteiger partial charge in [-0.15, -0.1) is 0 Å². The number of unbranched alkanes of at least 4 members (excludes halogenated alkanes) is 1. The lowest BCUT2D eigenvalue weighted by Gasteiger charge is -1.68. The Labute approximate surface area is 79.4 Å². The highest BCUT2D eigenvalue weighted by Gasteiger charge is 1.56. The molecule has 0 bridgehead atoms. The molecule has 0 nitrogen and oxygen atoms in total. The molecule has 0 saturated heterocycles. The van der Waals surface area contributed by atoms with Crippen LogP contribution in [0.25, 0.3) is 0 Å². The van der Waals surface area contributed by atoms with Gasteiger partial charge in [0.25, 0.3) is 0 Å². The molecule has 0 aliphatic rings. The first-order chi connectivity index (χ1) is 5.83. The van der Waals surface area contributed by atoms with Crippen molar-refractivity contribution in [3.05, 3.63) is 24.8 Å². The number of rotatable bonds is 3. The van der Waals surface area contributed by atoms with Gasteiger partial charge in [-0.05, 0) is 6.42 Å². The van der Waals surface area contributed by atoms with Crippen molar-refractivity contribution >= 4 is 0 Å². The van der Waals surface area contributed by atoms with Crippen molar-refractivity contribution in [1.82, 2.24) is 0 Å². The average Bonchev–Trinajstić information content (AvgIpc) is 2.18. The van der Waals surface area contributed by atoms with Crippen molar-refractivity contribution in [3.63, 3.8) is 0 Å². The molecule has 0 heteroatoms. The summed E-state index contributed by atoms with van der Waals surface area (Å²) in [7, 11) is 0. The fourth-order valence-corrected chi connectivity index (χ4v) is 0.232. The normalized spacial score (nSPS) is 7.75. The molecule has 0 heterocycles. The molecular formula is C12H26. The molecule has 0 amide bonds. The minimum atomic E-state index is 1.10. The summed E-state index contributed by atoms with van der Waals surface area (Å²) < 4.78 is 0. The van der Waals surface area contributed by atoms with E-state index in [4.69, 9.17) is 0 Å². The van der Waals surface area contributed by atoms with Crippen molar-refractivity contribution < 1.29 is 0 Å². The van der Waals surface area contributed by atoms with Crippen LogP contribution in [0.1, 0.15) is 53.9 Å². The third kappa shape index (κ3) is 56.3. The van der Waals surface area contributed by atoms with Crippen LogP contribution in [-0.2, 0) is 0 Å². The Kier molecular flexibility index (Phi) is 45.8. The van der Waals surface area contributed by atoms with Gasteiger partial charge in [0.1, 0.15) is 0 Å². The minimum absolute atomic E-state index is 1.10. The number of allylic oxidation sites excluding steroid dienone is 3. The molecule has 0 aromatic heterocycles. The lowest BCUT2D eigenvalue weighted by Crippen LogP contribution is -1.47. The van der Waals surface area contributed by atoms with Crippen molar-refractivity contribution in [1.29, 1.82) is 0 Å². The SMILES string of the molecule is C=C/C=C\CC.CC.CCCC. The van der Waals surface area contributed by atoms with E-state index in [0.717, 1.165) is 6.42 Å². The van der Waals surface area contributed by atoms with Crippen LogP contribution in [0.4, 0.5) is 0 Å². The molecule has 0 fully saturated rings. The van der Waals surface area contributed by atoms with Gasteiger partial charge in [-0.25, -0.2) is 0 Å². The first kappa shape index (κ1) is 17.5. The highest BCUT2D eigenvalue weighted by Crippen LogP contribution is 1.77. The fraction of sp³-hybridized carbons (Fsp3) is 0.667. The Morgan fingerprint density at radius 2 is 1.42 bits per heavy atom. The van der Waals surface area contributed by atoms with E-state index in [1.54, 1.807) is 6.08 Å². The second-order valence-corrected chi connectivity index (χ2v) is 2.07. The molecule has 74 valence electrons. The zero-order chi connectivity index (χ0) is 10.2. The van der Waals surface area contributed by atoms with Crippen molar-refractivity contribution in [2.45, 2.75) is 53.9 Å². The minimum Gasteiger partial charge on any atom is -0.0991 e. The highest BCUT2D eigenvalue weighted by atomic mass is 13.6. The molecule has 0 unspecified atom stereocenters. The van der Waals surface area contributed by atoms with E-state index in [9.17, 15) is 0 Å². The zero-order valence-corrected chi connectivity index (χ0v) is 9.56. The van der Waals surface area contributed by atoms with E-state index in [-0.39, 0.29) is 0 Å². The van der Waals surface area contributed by atoms with E-state index in [1.165, 1.54) is 12.8 Å². The maximum absolute atomic E-state index is 3.51. The van der Waals surface area contributed by atoms with E-state index < -0.39 is 0 Å². The Balaban J connectivity index is -0.000000118. The molecule has 0 aromatic carbocycles. The molecule has 0 radical (unpaired) electrons. The Bertz CT molecular complexity index is 68.1. The van der Waals surface area contributed by atoms with Gasteiger partial charge in [0.15, 0.2) is 0 Å². The van der Waals surface area contributed by atoms with Gasteiger partial charge < -0.3 is 0 Å². The summed E-state index contributed by atoms with van der Waals surface area (Å²) in [6.07, 6.45) is 9.53. The second kappa shape index (κ2) is 31.4. The first-order valence-electron chi connectivity index (χ1n) is 5.10. The largest absolute Gasteiger partial charge is 0.0991 e. The number of hydrogen-bond donors (Lipinski definition) is 0. The lowest BCUT2D eigenvalue weighted by atomic mass is 10.4. The summed E-state index contributed by atoms with van der Waals surface area (Å²) in [6.45, 7) is 14.0. The van der Waals surface area contributed by atoms with Gasteiger partial charge >= 0.3 is 0 Å². The Hall–Kier alpha value is -0.520. The maximum atomic E-state index is 3.51. The smallest absolute Gasteiger partial charge is 0.0376 e. The van der Waals surface area contributed by atoms with Crippen LogP contribution < -0.4 is 0 Å². The van der Waals surface area contributed by atoms with E-state index >= 15 is 0 Å². The summed E-state index contributed by atoms with van der Waals surface area (Å²) in [4.78, 5) is 0. The van der Waals surface area contributed by atoms with Crippen molar-refractivity contribution in [2.24, 2.45) is 0 Å². The molecule has 0 atom stereocenters. The van der Waals surface area contributed by atoms with Gasteiger partial charge in [0.05, 0.1) is 0 Å². The molecule has 0 aliphatic carbocycles. The summed E-state index contributed by atoms with van der Waals surface area (Å²) in [6, 6.07) is 0. The average molecular weight is 170 g/mol. The quantitative estimate of drug-likeness (QED) is 0.524.